The second-order valence-corrected chi connectivity index (χ2v) is 10.2. The first-order valence-corrected chi connectivity index (χ1v) is 12.8. The number of likely N-dealkylation sites (tertiary alicyclic amines) is 1. The summed E-state index contributed by atoms with van der Waals surface area (Å²) >= 11 is 0. The van der Waals surface area contributed by atoms with Gasteiger partial charge in [-0.25, -0.2) is 4.39 Å². The summed E-state index contributed by atoms with van der Waals surface area (Å²) in [5.41, 5.74) is 5.33. The largest absolute Gasteiger partial charge is 0.508 e. The molecule has 5 rings (SSSR count). The fourth-order valence-corrected chi connectivity index (χ4v) is 5.29. The molecule has 2 aliphatic rings. The summed E-state index contributed by atoms with van der Waals surface area (Å²) in [7, 11) is 0. The zero-order valence-corrected chi connectivity index (χ0v) is 21.2. The summed E-state index contributed by atoms with van der Waals surface area (Å²) in [4.78, 5) is 2.50. The Morgan fingerprint density at radius 1 is 1.11 bits per heavy atom. The van der Waals surface area contributed by atoms with Crippen LogP contribution in [0.1, 0.15) is 55.5 Å². The van der Waals surface area contributed by atoms with Crippen LogP contribution in [0.2, 0.25) is 0 Å². The number of nitrogens with zero attached hydrogens (tertiary/aromatic N) is 1. The summed E-state index contributed by atoms with van der Waals surface area (Å²) in [6.45, 7) is 8.98. The van der Waals surface area contributed by atoms with E-state index in [1.165, 1.54) is 6.42 Å². The van der Waals surface area contributed by atoms with Crippen LogP contribution in [0.5, 0.6) is 17.2 Å². The van der Waals surface area contributed by atoms with Gasteiger partial charge in [0.1, 0.15) is 36.6 Å². The molecular formula is C31H34FNO3. The highest BCUT2D eigenvalue weighted by Crippen LogP contribution is 2.47. The van der Waals surface area contributed by atoms with Crippen molar-refractivity contribution < 1.29 is 19.0 Å². The number of aromatic hydroxyl groups is 1. The van der Waals surface area contributed by atoms with E-state index in [2.05, 4.69) is 18.7 Å². The van der Waals surface area contributed by atoms with Gasteiger partial charge in [0, 0.05) is 23.7 Å². The zero-order chi connectivity index (χ0) is 25.2. The number of alkyl halides is 1. The summed E-state index contributed by atoms with van der Waals surface area (Å²) < 4.78 is 26.0. The summed E-state index contributed by atoms with van der Waals surface area (Å²) in [6, 6.07) is 21.1. The molecule has 5 heteroatoms. The van der Waals surface area contributed by atoms with Gasteiger partial charge >= 0.3 is 0 Å². The lowest BCUT2D eigenvalue weighted by atomic mass is 9.85. The van der Waals surface area contributed by atoms with E-state index in [1.807, 2.05) is 55.5 Å². The maximum absolute atomic E-state index is 13.4. The molecule has 3 aromatic carbocycles. The lowest BCUT2D eigenvalue weighted by Crippen LogP contribution is -2.35. The van der Waals surface area contributed by atoms with E-state index < -0.39 is 6.67 Å². The molecule has 0 aromatic heterocycles. The molecule has 0 aliphatic carbocycles. The average Bonchev–Trinajstić information content (AvgIpc) is 3.33. The van der Waals surface area contributed by atoms with Crippen LogP contribution in [-0.2, 0) is 6.67 Å². The summed E-state index contributed by atoms with van der Waals surface area (Å²) in [6.07, 6.45) is 0.891. The molecule has 1 fully saturated rings. The van der Waals surface area contributed by atoms with Crippen molar-refractivity contribution in [3.05, 3.63) is 89.0 Å². The molecule has 188 valence electrons. The van der Waals surface area contributed by atoms with Crippen molar-refractivity contribution in [2.45, 2.75) is 46.0 Å². The van der Waals surface area contributed by atoms with Gasteiger partial charge in [0.2, 0.25) is 0 Å². The monoisotopic (exact) mass is 487 g/mol. The molecule has 0 radical (unpaired) electrons. The van der Waals surface area contributed by atoms with Gasteiger partial charge in [-0.05, 0) is 91.4 Å². The van der Waals surface area contributed by atoms with Crippen LogP contribution in [0.25, 0.3) is 11.1 Å². The second-order valence-electron chi connectivity index (χ2n) is 10.2. The number of benzene rings is 3. The number of halogens is 1. The molecule has 0 saturated carbocycles. The van der Waals surface area contributed by atoms with E-state index in [9.17, 15) is 9.50 Å². The van der Waals surface area contributed by atoms with Gasteiger partial charge in [0.15, 0.2) is 0 Å². The molecule has 0 spiro atoms. The third-order valence-corrected chi connectivity index (χ3v) is 7.42. The number of rotatable bonds is 7. The maximum atomic E-state index is 13.4. The minimum Gasteiger partial charge on any atom is -0.508 e. The standard InChI is InChI=1S/C31H34FNO3/c1-20-13-14-33(18-20)21(2)19-35-27-10-8-24(9-11-27)31-30(25-5-4-6-26(34)16-25)22(3)28-15-23(17-32)7-12-29(28)36-31/h4-12,15-16,20-21,31,34H,13-14,17-19H2,1-3H3/t20-,21+,31?/m1/s1. The highest BCUT2D eigenvalue weighted by Gasteiger charge is 2.30. The van der Waals surface area contributed by atoms with Gasteiger partial charge in [0.25, 0.3) is 0 Å². The average molecular weight is 488 g/mol. The van der Waals surface area contributed by atoms with Gasteiger partial charge in [-0.1, -0.05) is 37.3 Å². The van der Waals surface area contributed by atoms with E-state index in [0.29, 0.717) is 18.2 Å². The Balaban J connectivity index is 1.41. The highest BCUT2D eigenvalue weighted by atomic mass is 19.1. The first-order valence-electron chi connectivity index (χ1n) is 12.8. The zero-order valence-electron chi connectivity index (χ0n) is 21.2. The molecule has 1 unspecified atom stereocenters. The molecule has 1 saturated heterocycles. The number of phenolic OH excluding ortho intramolecular Hbond substituents is 1. The predicted octanol–water partition coefficient (Wildman–Crippen LogP) is 7.04. The molecule has 36 heavy (non-hydrogen) atoms. The first-order chi connectivity index (χ1) is 17.4. The molecule has 3 atom stereocenters. The van der Waals surface area contributed by atoms with E-state index >= 15 is 0 Å². The number of allylic oxidation sites excluding steroid dienone is 1. The smallest absolute Gasteiger partial charge is 0.150 e. The van der Waals surface area contributed by atoms with Crippen LogP contribution in [0.15, 0.2) is 66.7 Å². The number of phenols is 1. The Morgan fingerprint density at radius 2 is 1.92 bits per heavy atom. The van der Waals surface area contributed by atoms with E-state index in [0.717, 1.165) is 58.3 Å². The maximum Gasteiger partial charge on any atom is 0.150 e. The summed E-state index contributed by atoms with van der Waals surface area (Å²) in [5, 5.41) is 10.2. The fraction of sp³-hybridized carbons (Fsp3) is 0.355. The Bertz CT molecular complexity index is 1250. The van der Waals surface area contributed by atoms with Gasteiger partial charge in [-0.2, -0.15) is 0 Å². The van der Waals surface area contributed by atoms with Crippen LogP contribution in [0, 0.1) is 5.92 Å². The molecule has 2 aliphatic heterocycles. The van der Waals surface area contributed by atoms with Crippen molar-refractivity contribution in [3.63, 3.8) is 0 Å². The Morgan fingerprint density at radius 3 is 2.61 bits per heavy atom. The number of ether oxygens (including phenoxy) is 2. The minimum absolute atomic E-state index is 0.195. The Hall–Kier alpha value is -3.31. The van der Waals surface area contributed by atoms with Crippen LogP contribution in [0.4, 0.5) is 4.39 Å². The fourth-order valence-electron chi connectivity index (χ4n) is 5.29. The van der Waals surface area contributed by atoms with Gasteiger partial charge in [-0.3, -0.25) is 4.90 Å². The van der Waals surface area contributed by atoms with E-state index in [-0.39, 0.29) is 11.9 Å². The normalized spacial score (nSPS) is 20.7. The van der Waals surface area contributed by atoms with Crippen LogP contribution in [-0.4, -0.2) is 35.7 Å². The van der Waals surface area contributed by atoms with Gasteiger partial charge in [-0.15, -0.1) is 0 Å². The van der Waals surface area contributed by atoms with Crippen molar-refractivity contribution in [2.75, 3.05) is 19.7 Å². The topological polar surface area (TPSA) is 41.9 Å². The first kappa shape index (κ1) is 24.4. The van der Waals surface area contributed by atoms with E-state index in [1.54, 1.807) is 18.2 Å². The molecule has 4 nitrogen and oxygen atoms in total. The molecular weight excluding hydrogens is 453 g/mol. The predicted molar refractivity (Wildman–Crippen MR) is 142 cm³/mol. The molecule has 3 aromatic rings. The van der Waals surface area contributed by atoms with Gasteiger partial charge < -0.3 is 14.6 Å². The molecule has 1 N–H and O–H groups in total. The van der Waals surface area contributed by atoms with Gasteiger partial charge in [0.05, 0.1) is 0 Å². The molecule has 0 amide bonds. The van der Waals surface area contributed by atoms with E-state index in [4.69, 9.17) is 9.47 Å². The van der Waals surface area contributed by atoms with Crippen LogP contribution >= 0.6 is 0 Å². The third kappa shape index (κ3) is 4.98. The minimum atomic E-state index is -0.525. The molecule has 0 bridgehead atoms. The number of fused-ring (bicyclic) bond motifs is 1. The van der Waals surface area contributed by atoms with Crippen molar-refractivity contribution in [1.29, 1.82) is 0 Å². The lowest BCUT2D eigenvalue weighted by molar-refractivity contribution is 0.169. The number of hydrogen-bond acceptors (Lipinski definition) is 4. The van der Waals surface area contributed by atoms with Crippen molar-refractivity contribution in [3.8, 4) is 17.2 Å². The van der Waals surface area contributed by atoms with Crippen molar-refractivity contribution >= 4 is 11.1 Å². The number of hydrogen-bond donors (Lipinski definition) is 1. The second kappa shape index (κ2) is 10.4. The van der Waals surface area contributed by atoms with Crippen LogP contribution in [0.3, 0.4) is 0 Å². The van der Waals surface area contributed by atoms with Crippen molar-refractivity contribution in [1.82, 2.24) is 4.90 Å². The summed E-state index contributed by atoms with van der Waals surface area (Å²) in [5.74, 6) is 2.52. The lowest BCUT2D eigenvalue weighted by Gasteiger charge is -2.31. The Kier molecular flexibility index (Phi) is 7.01. The highest BCUT2D eigenvalue weighted by molar-refractivity contribution is 5.95. The molecule has 2 heterocycles. The SMILES string of the molecule is CC1=C(c2cccc(O)c2)C(c2ccc(OC[C@H](C)N3CC[C@@H](C)C3)cc2)Oc2ccc(CF)cc21. The quantitative estimate of drug-likeness (QED) is 0.388. The third-order valence-electron chi connectivity index (χ3n) is 7.42. The van der Waals surface area contributed by atoms with Crippen molar-refractivity contribution in [2.24, 2.45) is 5.92 Å². The van der Waals surface area contributed by atoms with Crippen LogP contribution < -0.4 is 9.47 Å². The Labute approximate surface area is 213 Å².